The molecule has 0 atom stereocenters. The van der Waals surface area contributed by atoms with Crippen molar-refractivity contribution in [1.82, 2.24) is 9.97 Å². The summed E-state index contributed by atoms with van der Waals surface area (Å²) in [7, 11) is 0. The minimum Gasteiger partial charge on any atom is -0.359 e. The molecule has 2 heterocycles. The third kappa shape index (κ3) is 3.01. The quantitative estimate of drug-likeness (QED) is 0.360. The van der Waals surface area contributed by atoms with Crippen LogP contribution in [0.3, 0.4) is 0 Å². The summed E-state index contributed by atoms with van der Waals surface area (Å²) < 4.78 is 0. The molecule has 134 valence electrons. The fraction of sp³-hybridized carbons (Fsp3) is 0. The highest BCUT2D eigenvalue weighted by molar-refractivity contribution is 6.00. The molecule has 0 aliphatic carbocycles. The van der Waals surface area contributed by atoms with Gasteiger partial charge in [-0.1, -0.05) is 60.7 Å². The Hall–Kier alpha value is -3.92. The van der Waals surface area contributed by atoms with E-state index >= 15 is 0 Å². The molecule has 5 rings (SSSR count). The molecular formula is C24H18N4. The summed E-state index contributed by atoms with van der Waals surface area (Å²) in [5.74, 6) is 0. The molecule has 0 bridgehead atoms. The Morgan fingerprint density at radius 2 is 0.964 bits per heavy atom. The zero-order chi connectivity index (χ0) is 18.8. The lowest BCUT2D eigenvalue weighted by atomic mass is 10.1. The lowest BCUT2D eigenvalue weighted by Crippen LogP contribution is -1.90. The summed E-state index contributed by atoms with van der Waals surface area (Å²) in [6.07, 6.45) is 7.66. The van der Waals surface area contributed by atoms with E-state index in [0.29, 0.717) is 0 Å². The predicted octanol–water partition coefficient (Wildman–Crippen LogP) is 6.15. The second-order valence-corrected chi connectivity index (χ2v) is 6.58. The summed E-state index contributed by atoms with van der Waals surface area (Å²) >= 11 is 0. The number of nitrogens with one attached hydrogen (secondary N) is 2. The molecule has 0 radical (unpaired) electrons. The van der Waals surface area contributed by atoms with Gasteiger partial charge in [-0.3, -0.25) is 9.98 Å². The zero-order valence-corrected chi connectivity index (χ0v) is 15.1. The van der Waals surface area contributed by atoms with Gasteiger partial charge < -0.3 is 9.97 Å². The monoisotopic (exact) mass is 362 g/mol. The van der Waals surface area contributed by atoms with Crippen molar-refractivity contribution in [1.29, 1.82) is 0 Å². The number of aromatic nitrogens is 2. The number of rotatable bonds is 4. The molecule has 0 aliphatic rings. The first-order valence-corrected chi connectivity index (χ1v) is 9.18. The van der Waals surface area contributed by atoms with Gasteiger partial charge in [0.05, 0.1) is 11.4 Å². The molecule has 4 nitrogen and oxygen atoms in total. The SMILES string of the molecule is C(=Nc1c[nH]c2ccccc12)c1ccccc1C=Nc1c[nH]c2ccccc12. The van der Waals surface area contributed by atoms with Gasteiger partial charge in [-0.15, -0.1) is 0 Å². The molecule has 3 aromatic carbocycles. The van der Waals surface area contributed by atoms with Crippen molar-refractivity contribution >= 4 is 45.6 Å². The van der Waals surface area contributed by atoms with Crippen LogP contribution in [0.2, 0.25) is 0 Å². The van der Waals surface area contributed by atoms with Crippen LogP contribution in [0, 0.1) is 0 Å². The van der Waals surface area contributed by atoms with Crippen molar-refractivity contribution in [2.45, 2.75) is 0 Å². The molecule has 0 amide bonds. The van der Waals surface area contributed by atoms with Crippen LogP contribution in [-0.2, 0) is 0 Å². The second kappa shape index (κ2) is 7.00. The number of fused-ring (bicyclic) bond motifs is 2. The van der Waals surface area contributed by atoms with Crippen molar-refractivity contribution in [3.63, 3.8) is 0 Å². The van der Waals surface area contributed by atoms with Crippen LogP contribution >= 0.6 is 0 Å². The number of hydrogen-bond donors (Lipinski definition) is 2. The highest BCUT2D eigenvalue weighted by Gasteiger charge is 2.03. The van der Waals surface area contributed by atoms with Crippen LogP contribution in [0.1, 0.15) is 11.1 Å². The van der Waals surface area contributed by atoms with Gasteiger partial charge in [0.25, 0.3) is 0 Å². The van der Waals surface area contributed by atoms with Crippen LogP contribution in [0.4, 0.5) is 11.4 Å². The van der Waals surface area contributed by atoms with E-state index in [4.69, 9.17) is 9.98 Å². The number of H-pyrrole nitrogens is 2. The fourth-order valence-electron chi connectivity index (χ4n) is 3.35. The molecule has 0 unspecified atom stereocenters. The standard InChI is InChI=1S/C24H18N4/c1-2-8-18(14-26-24-16-28-22-12-6-4-10-20(22)24)17(7-1)13-25-23-15-27-21-11-5-3-9-19(21)23/h1-16,27-28H. The topological polar surface area (TPSA) is 56.3 Å². The Balaban J connectivity index is 1.47. The molecule has 0 fully saturated rings. The Kier molecular flexibility index (Phi) is 4.07. The molecule has 0 aliphatic heterocycles. The summed E-state index contributed by atoms with van der Waals surface area (Å²) in [6, 6.07) is 24.5. The fourth-order valence-corrected chi connectivity index (χ4v) is 3.35. The lowest BCUT2D eigenvalue weighted by molar-refractivity contribution is 1.45. The molecule has 5 aromatic rings. The van der Waals surface area contributed by atoms with Crippen LogP contribution in [0.25, 0.3) is 21.8 Å². The van der Waals surface area contributed by atoms with E-state index in [9.17, 15) is 0 Å². The molecule has 0 saturated heterocycles. The van der Waals surface area contributed by atoms with E-state index in [-0.39, 0.29) is 0 Å². The smallest absolute Gasteiger partial charge is 0.0882 e. The maximum absolute atomic E-state index is 4.70. The lowest BCUT2D eigenvalue weighted by Gasteiger charge is -1.99. The second-order valence-electron chi connectivity index (χ2n) is 6.58. The maximum atomic E-state index is 4.70. The van der Waals surface area contributed by atoms with Gasteiger partial charge >= 0.3 is 0 Å². The first kappa shape index (κ1) is 16.3. The average molecular weight is 362 g/mol. The van der Waals surface area contributed by atoms with Crippen molar-refractivity contribution < 1.29 is 0 Å². The third-order valence-electron chi connectivity index (χ3n) is 4.82. The maximum Gasteiger partial charge on any atom is 0.0882 e. The van der Waals surface area contributed by atoms with Crippen LogP contribution < -0.4 is 0 Å². The normalized spacial score (nSPS) is 12.0. The van der Waals surface area contributed by atoms with E-state index in [1.54, 1.807) is 0 Å². The third-order valence-corrected chi connectivity index (χ3v) is 4.82. The van der Waals surface area contributed by atoms with Gasteiger partial charge in [0.15, 0.2) is 0 Å². The Morgan fingerprint density at radius 3 is 1.46 bits per heavy atom. The van der Waals surface area contributed by atoms with Crippen LogP contribution in [-0.4, -0.2) is 22.4 Å². The molecular weight excluding hydrogens is 344 g/mol. The van der Waals surface area contributed by atoms with Gasteiger partial charge in [-0.25, -0.2) is 0 Å². The van der Waals surface area contributed by atoms with Gasteiger partial charge in [-0.05, 0) is 12.1 Å². The van der Waals surface area contributed by atoms with E-state index < -0.39 is 0 Å². The summed E-state index contributed by atoms with van der Waals surface area (Å²) in [4.78, 5) is 15.9. The number of aliphatic imine (C=N–C) groups is 2. The van der Waals surface area contributed by atoms with Crippen molar-refractivity contribution in [3.8, 4) is 0 Å². The van der Waals surface area contributed by atoms with Gasteiger partial charge in [-0.2, -0.15) is 0 Å². The number of aromatic amines is 2. The summed E-state index contributed by atoms with van der Waals surface area (Å²) in [5.41, 5.74) is 6.08. The molecule has 2 N–H and O–H groups in total. The molecule has 28 heavy (non-hydrogen) atoms. The van der Waals surface area contributed by atoms with Gasteiger partial charge in [0, 0.05) is 57.8 Å². The zero-order valence-electron chi connectivity index (χ0n) is 15.1. The molecule has 2 aromatic heterocycles. The first-order chi connectivity index (χ1) is 13.9. The number of nitrogens with zero attached hydrogens (tertiary/aromatic N) is 2. The van der Waals surface area contributed by atoms with Crippen molar-refractivity contribution in [3.05, 3.63) is 96.3 Å². The molecule has 0 saturated carbocycles. The number of para-hydroxylation sites is 2. The minimum atomic E-state index is 0.930. The van der Waals surface area contributed by atoms with Crippen LogP contribution in [0.15, 0.2) is 95.2 Å². The Morgan fingerprint density at radius 1 is 0.536 bits per heavy atom. The molecule has 4 heteroatoms. The average Bonchev–Trinajstić information content (AvgIpc) is 3.35. The van der Waals surface area contributed by atoms with E-state index in [0.717, 1.165) is 44.3 Å². The predicted molar refractivity (Wildman–Crippen MR) is 118 cm³/mol. The number of benzene rings is 3. The minimum absolute atomic E-state index is 0.930. The largest absolute Gasteiger partial charge is 0.359 e. The Bertz CT molecular complexity index is 1220. The molecule has 0 spiro atoms. The van der Waals surface area contributed by atoms with Crippen LogP contribution in [0.5, 0.6) is 0 Å². The highest BCUT2D eigenvalue weighted by Crippen LogP contribution is 2.26. The highest BCUT2D eigenvalue weighted by atomic mass is 14.8. The Labute approximate surface area is 162 Å². The van der Waals surface area contributed by atoms with Gasteiger partial charge in [0.1, 0.15) is 0 Å². The van der Waals surface area contributed by atoms with Crippen molar-refractivity contribution in [2.24, 2.45) is 9.98 Å². The summed E-state index contributed by atoms with van der Waals surface area (Å²) in [5, 5.41) is 2.23. The van der Waals surface area contributed by atoms with E-state index in [2.05, 4.69) is 46.4 Å². The van der Waals surface area contributed by atoms with E-state index in [1.807, 2.05) is 61.2 Å². The summed E-state index contributed by atoms with van der Waals surface area (Å²) in [6.45, 7) is 0. The van der Waals surface area contributed by atoms with Crippen molar-refractivity contribution in [2.75, 3.05) is 0 Å². The van der Waals surface area contributed by atoms with Gasteiger partial charge in [0.2, 0.25) is 0 Å². The number of hydrogen-bond acceptors (Lipinski definition) is 2. The first-order valence-electron chi connectivity index (χ1n) is 9.18. The van der Waals surface area contributed by atoms with E-state index in [1.165, 1.54) is 0 Å².